The van der Waals surface area contributed by atoms with Crippen molar-refractivity contribution in [2.45, 2.75) is 13.5 Å². The van der Waals surface area contributed by atoms with Gasteiger partial charge in [0, 0.05) is 10.8 Å². The highest BCUT2D eigenvalue weighted by Gasteiger charge is 2.18. The van der Waals surface area contributed by atoms with Crippen molar-refractivity contribution in [1.82, 2.24) is 4.57 Å². The van der Waals surface area contributed by atoms with E-state index in [1.165, 1.54) is 0 Å². The molecule has 0 aliphatic rings. The Labute approximate surface area is 150 Å². The summed E-state index contributed by atoms with van der Waals surface area (Å²) in [5.74, 6) is 0.676. The summed E-state index contributed by atoms with van der Waals surface area (Å²) in [6.07, 6.45) is 0. The van der Waals surface area contributed by atoms with E-state index in [0.29, 0.717) is 18.5 Å². The second-order valence-corrected chi connectivity index (χ2v) is 6.21. The molecule has 4 aromatic rings. The number of rotatable bonds is 5. The lowest BCUT2D eigenvalue weighted by molar-refractivity contribution is 0.293. The van der Waals surface area contributed by atoms with Crippen molar-refractivity contribution in [3.8, 4) is 11.6 Å². The molecule has 0 bridgehead atoms. The van der Waals surface area contributed by atoms with Crippen LogP contribution in [-0.2, 0) is 6.54 Å². The quantitative estimate of drug-likeness (QED) is 0.500. The van der Waals surface area contributed by atoms with E-state index in [-0.39, 0.29) is 11.6 Å². The number of aryl methyl sites for hydroxylation is 1. The maximum absolute atomic E-state index is 11.2. The van der Waals surface area contributed by atoms with Crippen molar-refractivity contribution in [3.05, 3.63) is 71.1 Å². The Morgan fingerprint density at radius 3 is 2.58 bits per heavy atom. The predicted molar refractivity (Wildman–Crippen MR) is 103 cm³/mol. The SMILES string of the molecule is Cc1cccc2c(N=O)c(O)n(CCOc3cccc4ccccc34)c12. The average molecular weight is 346 g/mol. The second kappa shape index (κ2) is 6.52. The Balaban J connectivity index is 1.64. The number of para-hydroxylation sites is 1. The first-order valence-corrected chi connectivity index (χ1v) is 8.45. The molecule has 0 saturated heterocycles. The van der Waals surface area contributed by atoms with Gasteiger partial charge in [-0.3, -0.25) is 0 Å². The molecular formula is C21H18N2O3. The van der Waals surface area contributed by atoms with Gasteiger partial charge in [-0.15, -0.1) is 4.91 Å². The van der Waals surface area contributed by atoms with Crippen LogP contribution in [0.4, 0.5) is 5.69 Å². The molecule has 130 valence electrons. The van der Waals surface area contributed by atoms with Crippen LogP contribution in [0.5, 0.6) is 11.6 Å². The minimum atomic E-state index is -0.120. The van der Waals surface area contributed by atoms with E-state index in [1.54, 1.807) is 10.6 Å². The zero-order valence-electron chi connectivity index (χ0n) is 14.3. The fourth-order valence-electron chi connectivity index (χ4n) is 3.44. The number of fused-ring (bicyclic) bond motifs is 2. The van der Waals surface area contributed by atoms with Crippen molar-refractivity contribution < 1.29 is 9.84 Å². The summed E-state index contributed by atoms with van der Waals surface area (Å²) >= 11 is 0. The average Bonchev–Trinajstić information content (AvgIpc) is 2.94. The Bertz CT molecular complexity index is 1110. The molecule has 0 unspecified atom stereocenters. The summed E-state index contributed by atoms with van der Waals surface area (Å²) < 4.78 is 7.66. The van der Waals surface area contributed by atoms with Crippen molar-refractivity contribution >= 4 is 27.4 Å². The molecule has 26 heavy (non-hydrogen) atoms. The molecule has 1 aromatic heterocycles. The van der Waals surface area contributed by atoms with Crippen LogP contribution < -0.4 is 4.74 Å². The molecule has 1 N–H and O–H groups in total. The van der Waals surface area contributed by atoms with Crippen LogP contribution >= 0.6 is 0 Å². The first-order valence-electron chi connectivity index (χ1n) is 8.45. The van der Waals surface area contributed by atoms with Crippen LogP contribution in [-0.4, -0.2) is 16.3 Å². The zero-order valence-corrected chi connectivity index (χ0v) is 14.3. The normalized spacial score (nSPS) is 11.1. The van der Waals surface area contributed by atoms with Crippen molar-refractivity contribution in [2.24, 2.45) is 5.18 Å². The lowest BCUT2D eigenvalue weighted by atomic mass is 10.1. The zero-order chi connectivity index (χ0) is 18.1. The first-order chi connectivity index (χ1) is 12.7. The summed E-state index contributed by atoms with van der Waals surface area (Å²) in [4.78, 5) is 11.2. The van der Waals surface area contributed by atoms with Crippen LogP contribution in [0.15, 0.2) is 65.8 Å². The smallest absolute Gasteiger partial charge is 0.222 e. The van der Waals surface area contributed by atoms with Gasteiger partial charge in [-0.25, -0.2) is 0 Å². The van der Waals surface area contributed by atoms with E-state index >= 15 is 0 Å². The van der Waals surface area contributed by atoms with Crippen LogP contribution in [0.3, 0.4) is 0 Å². The lowest BCUT2D eigenvalue weighted by Crippen LogP contribution is -2.08. The van der Waals surface area contributed by atoms with Crippen molar-refractivity contribution in [1.29, 1.82) is 0 Å². The van der Waals surface area contributed by atoms with Gasteiger partial charge in [0.25, 0.3) is 0 Å². The Hall–Kier alpha value is -3.34. The number of benzene rings is 3. The molecule has 0 spiro atoms. The molecule has 0 aliphatic heterocycles. The van der Waals surface area contributed by atoms with Gasteiger partial charge in [0.2, 0.25) is 5.88 Å². The summed E-state index contributed by atoms with van der Waals surface area (Å²) in [6, 6.07) is 19.5. The minimum absolute atomic E-state index is 0.0776. The largest absolute Gasteiger partial charge is 0.493 e. The molecule has 0 saturated carbocycles. The monoisotopic (exact) mass is 346 g/mol. The number of ether oxygens (including phenoxy) is 1. The summed E-state index contributed by atoms with van der Waals surface area (Å²) in [5, 5.41) is 16.2. The van der Waals surface area contributed by atoms with Crippen LogP contribution in [0.1, 0.15) is 5.56 Å². The topological polar surface area (TPSA) is 63.8 Å². The summed E-state index contributed by atoms with van der Waals surface area (Å²) in [6.45, 7) is 2.71. The Morgan fingerprint density at radius 1 is 1.00 bits per heavy atom. The molecule has 3 aromatic carbocycles. The van der Waals surface area contributed by atoms with E-state index in [4.69, 9.17) is 4.74 Å². The van der Waals surface area contributed by atoms with Gasteiger partial charge >= 0.3 is 0 Å². The van der Waals surface area contributed by atoms with Gasteiger partial charge in [0.05, 0.1) is 12.1 Å². The fraction of sp³-hybridized carbons (Fsp3) is 0.143. The van der Waals surface area contributed by atoms with E-state index in [9.17, 15) is 10.0 Å². The maximum Gasteiger partial charge on any atom is 0.222 e. The number of aromatic hydroxyl groups is 1. The van der Waals surface area contributed by atoms with Gasteiger partial charge in [-0.2, -0.15) is 0 Å². The molecule has 4 rings (SSSR count). The van der Waals surface area contributed by atoms with Crippen LogP contribution in [0.2, 0.25) is 0 Å². The number of nitroso groups, excluding NO2 is 1. The molecule has 1 heterocycles. The van der Waals surface area contributed by atoms with Crippen molar-refractivity contribution in [2.75, 3.05) is 6.61 Å². The van der Waals surface area contributed by atoms with Crippen LogP contribution in [0, 0.1) is 11.8 Å². The molecule has 0 amide bonds. The molecule has 0 radical (unpaired) electrons. The molecule has 0 fully saturated rings. The predicted octanol–water partition coefficient (Wildman–Crippen LogP) is 5.29. The van der Waals surface area contributed by atoms with Gasteiger partial charge in [-0.05, 0) is 29.1 Å². The molecule has 5 heteroatoms. The van der Waals surface area contributed by atoms with Gasteiger partial charge in [-0.1, -0.05) is 54.6 Å². The Kier molecular flexibility index (Phi) is 4.05. The number of aromatic nitrogens is 1. The number of hydrogen-bond acceptors (Lipinski definition) is 4. The second-order valence-electron chi connectivity index (χ2n) is 6.21. The van der Waals surface area contributed by atoms with E-state index in [0.717, 1.165) is 27.6 Å². The highest BCUT2D eigenvalue weighted by molar-refractivity contribution is 5.96. The van der Waals surface area contributed by atoms with Crippen LogP contribution in [0.25, 0.3) is 21.7 Å². The number of nitrogens with zero attached hydrogens (tertiary/aromatic N) is 2. The van der Waals surface area contributed by atoms with E-state index < -0.39 is 0 Å². The molecular weight excluding hydrogens is 328 g/mol. The minimum Gasteiger partial charge on any atom is -0.493 e. The van der Waals surface area contributed by atoms with Gasteiger partial charge < -0.3 is 14.4 Å². The first kappa shape index (κ1) is 16.1. The number of hydrogen-bond donors (Lipinski definition) is 1. The van der Waals surface area contributed by atoms with Gasteiger partial charge in [0.1, 0.15) is 12.4 Å². The lowest BCUT2D eigenvalue weighted by Gasteiger charge is -2.12. The highest BCUT2D eigenvalue weighted by Crippen LogP contribution is 2.39. The standard InChI is InChI=1S/C21H18N2O3/c1-14-6-4-10-17-19(22-25)21(24)23(20(14)17)12-13-26-18-11-5-8-15-7-2-3-9-16(15)18/h2-11,24H,12-13H2,1H3. The third kappa shape index (κ3) is 2.58. The maximum atomic E-state index is 11.2. The van der Waals surface area contributed by atoms with E-state index in [2.05, 4.69) is 5.18 Å². The highest BCUT2D eigenvalue weighted by atomic mass is 16.5. The summed E-state index contributed by atoms with van der Waals surface area (Å²) in [5.41, 5.74) is 1.85. The third-order valence-corrected chi connectivity index (χ3v) is 4.64. The molecule has 0 aliphatic carbocycles. The van der Waals surface area contributed by atoms with Crippen molar-refractivity contribution in [3.63, 3.8) is 0 Å². The molecule has 0 atom stereocenters. The van der Waals surface area contributed by atoms with Gasteiger partial charge in [0.15, 0.2) is 5.69 Å². The third-order valence-electron chi connectivity index (χ3n) is 4.64. The molecule has 5 nitrogen and oxygen atoms in total. The fourth-order valence-corrected chi connectivity index (χ4v) is 3.44. The summed E-state index contributed by atoms with van der Waals surface area (Å²) in [7, 11) is 0. The Morgan fingerprint density at radius 2 is 1.73 bits per heavy atom. The van der Waals surface area contributed by atoms with E-state index in [1.807, 2.05) is 61.5 Å².